The summed E-state index contributed by atoms with van der Waals surface area (Å²) in [7, 11) is 1.99. The van der Waals surface area contributed by atoms with Crippen LogP contribution in [0.25, 0.3) is 0 Å². The molecule has 0 aliphatic carbocycles. The monoisotopic (exact) mass is 261 g/mol. The molecule has 2 N–H and O–H groups in total. The zero-order valence-electron chi connectivity index (χ0n) is 10.6. The molecule has 2 aromatic rings. The Bertz CT molecular complexity index is 454. The first-order valence-electron chi connectivity index (χ1n) is 6.19. The van der Waals surface area contributed by atoms with E-state index in [-0.39, 0.29) is 0 Å². The fourth-order valence-electron chi connectivity index (χ4n) is 1.88. The Hall–Kier alpha value is -1.23. The third kappa shape index (κ3) is 3.91. The highest BCUT2D eigenvalue weighted by Crippen LogP contribution is 2.10. The summed E-state index contributed by atoms with van der Waals surface area (Å²) >= 11 is 1.69. The minimum absolute atomic E-state index is 0.894. The third-order valence-electron chi connectivity index (χ3n) is 2.86. The molecule has 1 heterocycles. The van der Waals surface area contributed by atoms with Gasteiger partial charge in [0.1, 0.15) is 0 Å². The molecule has 1 aromatic heterocycles. The van der Waals surface area contributed by atoms with Gasteiger partial charge >= 0.3 is 0 Å². The Morgan fingerprint density at radius 2 is 2.00 bits per heavy atom. The molecule has 96 valence electrons. The van der Waals surface area contributed by atoms with Crippen molar-refractivity contribution in [2.45, 2.75) is 19.5 Å². The Labute approximate surface area is 112 Å². The van der Waals surface area contributed by atoms with Crippen LogP contribution in [0.5, 0.6) is 0 Å². The van der Waals surface area contributed by atoms with Crippen molar-refractivity contribution in [1.29, 1.82) is 0 Å². The number of aromatic nitrogens is 1. The predicted octanol–water partition coefficient (Wildman–Crippen LogP) is 2.19. The molecule has 0 saturated heterocycles. The van der Waals surface area contributed by atoms with Gasteiger partial charge in [0.25, 0.3) is 0 Å². The van der Waals surface area contributed by atoms with Crippen molar-refractivity contribution < 1.29 is 0 Å². The fourth-order valence-corrected chi connectivity index (χ4v) is 2.45. The van der Waals surface area contributed by atoms with Crippen LogP contribution in [0, 0.1) is 0 Å². The number of hydrogen-bond acceptors (Lipinski definition) is 4. The molecule has 0 unspecified atom stereocenters. The minimum atomic E-state index is 0.894. The van der Waals surface area contributed by atoms with Crippen LogP contribution in [0.4, 0.5) is 0 Å². The molecule has 3 nitrogen and oxygen atoms in total. The van der Waals surface area contributed by atoms with E-state index in [1.165, 1.54) is 16.0 Å². The lowest BCUT2D eigenvalue weighted by atomic mass is 10.0. The van der Waals surface area contributed by atoms with Crippen LogP contribution in [0.3, 0.4) is 0 Å². The van der Waals surface area contributed by atoms with Gasteiger partial charge in [0.15, 0.2) is 0 Å². The van der Waals surface area contributed by atoms with Gasteiger partial charge in [-0.25, -0.2) is 0 Å². The number of likely N-dealkylation sites (N-methyl/N-ethyl adjacent to an activating group) is 1. The molecule has 0 saturated carbocycles. The van der Waals surface area contributed by atoms with Gasteiger partial charge in [-0.3, -0.25) is 4.98 Å². The smallest absolute Gasteiger partial charge is 0.0794 e. The molecular formula is C14H19N3S. The van der Waals surface area contributed by atoms with E-state index in [2.05, 4.69) is 39.9 Å². The maximum atomic E-state index is 4.08. The molecular weight excluding hydrogens is 242 g/mol. The van der Waals surface area contributed by atoms with E-state index in [0.29, 0.717) is 0 Å². The van der Waals surface area contributed by atoms with Crippen molar-refractivity contribution in [1.82, 2.24) is 15.6 Å². The molecule has 0 atom stereocenters. The highest BCUT2D eigenvalue weighted by molar-refractivity contribution is 7.09. The molecule has 0 fully saturated rings. The van der Waals surface area contributed by atoms with Crippen molar-refractivity contribution in [2.24, 2.45) is 0 Å². The van der Waals surface area contributed by atoms with Crippen molar-refractivity contribution in [3.8, 4) is 0 Å². The second kappa shape index (κ2) is 7.26. The lowest BCUT2D eigenvalue weighted by Crippen LogP contribution is -2.15. The molecule has 0 radical (unpaired) electrons. The lowest BCUT2D eigenvalue weighted by Gasteiger charge is -2.10. The molecule has 4 heteroatoms. The summed E-state index contributed by atoms with van der Waals surface area (Å²) in [5, 5.41) is 6.67. The number of hydrogen-bond donors (Lipinski definition) is 2. The Morgan fingerprint density at radius 1 is 1.17 bits per heavy atom. The van der Waals surface area contributed by atoms with Crippen molar-refractivity contribution in [3.63, 3.8) is 0 Å². The lowest BCUT2D eigenvalue weighted by molar-refractivity contribution is 0.689. The zero-order chi connectivity index (χ0) is 12.6. The topological polar surface area (TPSA) is 37.0 Å². The van der Waals surface area contributed by atoms with E-state index in [1.807, 2.05) is 18.8 Å². The second-order valence-corrected chi connectivity index (χ2v) is 5.16. The first-order chi connectivity index (χ1) is 8.90. The minimum Gasteiger partial charge on any atom is -0.319 e. The van der Waals surface area contributed by atoms with E-state index < -0.39 is 0 Å². The van der Waals surface area contributed by atoms with Crippen LogP contribution in [-0.4, -0.2) is 18.6 Å². The van der Waals surface area contributed by atoms with Crippen molar-refractivity contribution in [3.05, 3.63) is 52.0 Å². The van der Waals surface area contributed by atoms with Gasteiger partial charge in [0.05, 0.1) is 5.51 Å². The summed E-state index contributed by atoms with van der Waals surface area (Å²) in [4.78, 5) is 5.36. The highest BCUT2D eigenvalue weighted by Gasteiger charge is 2.01. The van der Waals surface area contributed by atoms with Gasteiger partial charge in [-0.2, -0.15) is 0 Å². The number of rotatable bonds is 7. The van der Waals surface area contributed by atoms with Gasteiger partial charge < -0.3 is 10.6 Å². The molecule has 1 aromatic carbocycles. The molecule has 0 bridgehead atoms. The fraction of sp³-hybridized carbons (Fsp3) is 0.357. The average Bonchev–Trinajstić information content (AvgIpc) is 2.91. The average molecular weight is 261 g/mol. The molecule has 0 amide bonds. The maximum Gasteiger partial charge on any atom is 0.0794 e. The molecule has 18 heavy (non-hydrogen) atoms. The van der Waals surface area contributed by atoms with Gasteiger partial charge in [-0.05, 0) is 31.1 Å². The molecule has 0 aliphatic heterocycles. The Balaban J connectivity index is 1.87. The van der Waals surface area contributed by atoms with Crippen molar-refractivity contribution >= 4 is 11.3 Å². The molecule has 0 aliphatic rings. The molecule has 2 rings (SSSR count). The standard InChI is InChI=1S/C14H19N3S/c1-15-7-6-12-4-2-3-5-13(12)8-16-9-14-10-17-11-18-14/h2-5,10-11,15-16H,6-9H2,1H3. The van der Waals surface area contributed by atoms with Crippen LogP contribution in [0.1, 0.15) is 16.0 Å². The summed E-state index contributed by atoms with van der Waals surface area (Å²) in [5.41, 5.74) is 4.68. The normalized spacial score (nSPS) is 10.7. The summed E-state index contributed by atoms with van der Waals surface area (Å²) < 4.78 is 0. The van der Waals surface area contributed by atoms with Gasteiger partial charge in [-0.15, -0.1) is 11.3 Å². The predicted molar refractivity (Wildman–Crippen MR) is 76.7 cm³/mol. The summed E-state index contributed by atoms with van der Waals surface area (Å²) in [6.07, 6.45) is 3.00. The number of nitrogens with one attached hydrogen (secondary N) is 2. The SMILES string of the molecule is CNCCc1ccccc1CNCc1cncs1. The van der Waals surface area contributed by atoms with Crippen LogP contribution in [0.2, 0.25) is 0 Å². The largest absolute Gasteiger partial charge is 0.319 e. The first-order valence-corrected chi connectivity index (χ1v) is 7.07. The number of benzene rings is 1. The van der Waals surface area contributed by atoms with Gasteiger partial charge in [-0.1, -0.05) is 24.3 Å². The number of thiazole rings is 1. The Kier molecular flexibility index (Phi) is 5.33. The van der Waals surface area contributed by atoms with Crippen LogP contribution >= 0.6 is 11.3 Å². The van der Waals surface area contributed by atoms with Gasteiger partial charge in [0.2, 0.25) is 0 Å². The molecule has 0 spiro atoms. The van der Waals surface area contributed by atoms with E-state index >= 15 is 0 Å². The number of nitrogens with zero attached hydrogens (tertiary/aromatic N) is 1. The summed E-state index contributed by atoms with van der Waals surface area (Å²) in [6, 6.07) is 8.62. The Morgan fingerprint density at radius 3 is 2.72 bits per heavy atom. The zero-order valence-corrected chi connectivity index (χ0v) is 11.5. The quantitative estimate of drug-likeness (QED) is 0.802. The summed E-state index contributed by atoms with van der Waals surface area (Å²) in [6.45, 7) is 2.83. The van der Waals surface area contributed by atoms with Crippen molar-refractivity contribution in [2.75, 3.05) is 13.6 Å². The maximum absolute atomic E-state index is 4.08. The van der Waals surface area contributed by atoms with Crippen LogP contribution in [0.15, 0.2) is 36.0 Å². The van der Waals surface area contributed by atoms with E-state index in [0.717, 1.165) is 26.1 Å². The van der Waals surface area contributed by atoms with E-state index in [4.69, 9.17) is 0 Å². The first kappa shape index (κ1) is 13.2. The summed E-state index contributed by atoms with van der Waals surface area (Å²) in [5.74, 6) is 0. The van der Waals surface area contributed by atoms with Gasteiger partial charge in [0, 0.05) is 24.2 Å². The van der Waals surface area contributed by atoms with Crippen LogP contribution in [-0.2, 0) is 19.5 Å². The van der Waals surface area contributed by atoms with Crippen LogP contribution < -0.4 is 10.6 Å². The third-order valence-corrected chi connectivity index (χ3v) is 3.64. The van der Waals surface area contributed by atoms with E-state index in [1.54, 1.807) is 11.3 Å². The van der Waals surface area contributed by atoms with E-state index in [9.17, 15) is 0 Å². The second-order valence-electron chi connectivity index (χ2n) is 4.19. The highest BCUT2D eigenvalue weighted by atomic mass is 32.1.